The first-order valence-electron chi connectivity index (χ1n) is 14.2. The van der Waals surface area contributed by atoms with Crippen LogP contribution in [0.25, 0.3) is 0 Å². The average molecular weight is 567 g/mol. The molecule has 0 radical (unpaired) electrons. The maximum atomic E-state index is 13.4. The molecular formula is C30H42N6O5. The number of aromatic nitrogens is 1. The summed E-state index contributed by atoms with van der Waals surface area (Å²) in [6, 6.07) is 12.8. The van der Waals surface area contributed by atoms with Gasteiger partial charge in [0.15, 0.2) is 0 Å². The first-order chi connectivity index (χ1) is 19.6. The number of rotatable bonds is 12. The Morgan fingerprint density at radius 1 is 1.07 bits per heavy atom. The molecule has 1 aromatic heterocycles. The normalized spacial score (nSPS) is 20.3. The number of hydroxylamine groups is 3. The molecular weight excluding hydrogens is 524 g/mol. The summed E-state index contributed by atoms with van der Waals surface area (Å²) < 4.78 is 0. The highest BCUT2D eigenvalue weighted by atomic mass is 16.8. The number of hydrogen-bond acceptors (Lipinski definition) is 9. The van der Waals surface area contributed by atoms with Gasteiger partial charge in [-0.25, -0.2) is 0 Å². The quantitative estimate of drug-likeness (QED) is 0.258. The zero-order chi connectivity index (χ0) is 29.4. The van der Waals surface area contributed by atoms with Crippen LogP contribution < -0.4 is 10.8 Å². The molecule has 4 rings (SSSR count). The van der Waals surface area contributed by atoms with Crippen LogP contribution in [0.2, 0.25) is 0 Å². The minimum atomic E-state index is -0.792. The predicted molar refractivity (Wildman–Crippen MR) is 153 cm³/mol. The van der Waals surface area contributed by atoms with Crippen LogP contribution in [-0.2, 0) is 32.3 Å². The summed E-state index contributed by atoms with van der Waals surface area (Å²) in [5, 5.41) is 15.1. The molecule has 0 saturated carbocycles. The number of nitrogens with one attached hydrogen (secondary N) is 2. The monoisotopic (exact) mass is 566 g/mol. The number of hydrogen-bond donors (Lipinski definition) is 3. The minimum absolute atomic E-state index is 0.0751. The summed E-state index contributed by atoms with van der Waals surface area (Å²) in [6.07, 6.45) is 3.84. The molecule has 2 fully saturated rings. The summed E-state index contributed by atoms with van der Waals surface area (Å²) in [6.45, 7) is 8.73. The number of carbonyl (C=O) groups is 3. The zero-order valence-electron chi connectivity index (χ0n) is 24.2. The Balaban J connectivity index is 1.42. The smallest absolute Gasteiger partial charge is 0.255 e. The number of carbonyl (C=O) groups excluding carboxylic acids is 3. The summed E-state index contributed by atoms with van der Waals surface area (Å²) >= 11 is 0. The van der Waals surface area contributed by atoms with Crippen molar-refractivity contribution >= 4 is 17.7 Å². The molecule has 2 aromatic rings. The van der Waals surface area contributed by atoms with Crippen LogP contribution in [0.15, 0.2) is 54.9 Å². The summed E-state index contributed by atoms with van der Waals surface area (Å²) in [4.78, 5) is 51.4. The van der Waals surface area contributed by atoms with Gasteiger partial charge in [-0.15, -0.1) is 5.06 Å². The van der Waals surface area contributed by atoms with E-state index >= 15 is 0 Å². The number of pyridine rings is 1. The Morgan fingerprint density at radius 3 is 2.44 bits per heavy atom. The van der Waals surface area contributed by atoms with E-state index in [0.29, 0.717) is 26.1 Å². The van der Waals surface area contributed by atoms with Gasteiger partial charge in [0.1, 0.15) is 6.04 Å². The first kappa shape index (κ1) is 30.7. The fourth-order valence-electron chi connectivity index (χ4n) is 5.22. The number of benzene rings is 1. The minimum Gasteiger partial charge on any atom is -0.392 e. The van der Waals surface area contributed by atoms with Gasteiger partial charge in [-0.3, -0.25) is 29.2 Å². The topological polar surface area (TPSA) is 127 Å². The van der Waals surface area contributed by atoms with Gasteiger partial charge in [0, 0.05) is 69.5 Å². The fourth-order valence-corrected chi connectivity index (χ4v) is 5.22. The molecule has 3 atom stereocenters. The van der Waals surface area contributed by atoms with Gasteiger partial charge in [-0.1, -0.05) is 36.4 Å². The standard InChI is InChI=1S/C30H42N6O5/c1-30(2,3)32-29(40)26-21-34(19-23-10-7-13-31-18-23)14-15-35(26)20-25(37)17-24(16-22-8-5-4-6-9-22)33-41-36-27(38)11-12-28(36)39/h4-10,13,18,24-26,33,37H,11-12,14-17,19-21H2,1-3H3,(H,32,40)/t24-,25+,26+/m1/s1. The summed E-state index contributed by atoms with van der Waals surface area (Å²) in [7, 11) is 0. The molecule has 3 heterocycles. The molecule has 11 nitrogen and oxygen atoms in total. The number of piperazine rings is 1. The van der Waals surface area contributed by atoms with E-state index in [1.165, 1.54) is 0 Å². The van der Waals surface area contributed by atoms with Gasteiger partial charge < -0.3 is 10.4 Å². The van der Waals surface area contributed by atoms with Crippen molar-refractivity contribution in [1.82, 2.24) is 30.6 Å². The number of aliphatic hydroxyl groups is 1. The highest BCUT2D eigenvalue weighted by Crippen LogP contribution is 2.18. The summed E-state index contributed by atoms with van der Waals surface area (Å²) in [5.41, 5.74) is 4.57. The second-order valence-electron chi connectivity index (χ2n) is 11.9. The van der Waals surface area contributed by atoms with Gasteiger partial charge in [0.2, 0.25) is 5.91 Å². The number of aliphatic hydroxyl groups excluding tert-OH is 1. The van der Waals surface area contributed by atoms with Gasteiger partial charge in [0.05, 0.1) is 6.10 Å². The number of amides is 3. The van der Waals surface area contributed by atoms with Gasteiger partial charge in [-0.05, 0) is 50.8 Å². The Hall–Kier alpha value is -3.22. The lowest BCUT2D eigenvalue weighted by Gasteiger charge is -2.42. The van der Waals surface area contributed by atoms with E-state index in [-0.39, 0.29) is 43.3 Å². The lowest BCUT2D eigenvalue weighted by molar-refractivity contribution is -0.214. The Kier molecular flexibility index (Phi) is 10.6. The van der Waals surface area contributed by atoms with Gasteiger partial charge >= 0.3 is 0 Å². The van der Waals surface area contributed by atoms with Crippen molar-refractivity contribution < 1.29 is 24.4 Å². The maximum absolute atomic E-state index is 13.4. The van der Waals surface area contributed by atoms with Crippen molar-refractivity contribution in [3.63, 3.8) is 0 Å². The number of β-amino-alcohol motifs (C(OH)–C–C–N with tert-alkyl or cyclic N) is 1. The molecule has 11 heteroatoms. The highest BCUT2D eigenvalue weighted by Gasteiger charge is 2.36. The molecule has 0 aliphatic carbocycles. The molecule has 2 aliphatic heterocycles. The molecule has 2 saturated heterocycles. The number of nitrogens with zero attached hydrogens (tertiary/aromatic N) is 4. The van der Waals surface area contributed by atoms with E-state index in [1.807, 2.05) is 74.3 Å². The molecule has 2 aliphatic rings. The van der Waals surface area contributed by atoms with E-state index in [0.717, 1.165) is 22.7 Å². The van der Waals surface area contributed by atoms with E-state index < -0.39 is 24.0 Å². The molecule has 222 valence electrons. The third-order valence-electron chi connectivity index (χ3n) is 7.15. The van der Waals surface area contributed by atoms with Crippen LogP contribution in [0.1, 0.15) is 51.2 Å². The molecule has 41 heavy (non-hydrogen) atoms. The first-order valence-corrected chi connectivity index (χ1v) is 14.2. The number of imide groups is 1. The van der Waals surface area contributed by atoms with Crippen LogP contribution in [0.3, 0.4) is 0 Å². The maximum Gasteiger partial charge on any atom is 0.255 e. The third kappa shape index (κ3) is 9.40. The molecule has 3 N–H and O–H groups in total. The second kappa shape index (κ2) is 14.1. The highest BCUT2D eigenvalue weighted by molar-refractivity contribution is 6.00. The van der Waals surface area contributed by atoms with Crippen LogP contribution in [-0.4, -0.2) is 92.6 Å². The largest absolute Gasteiger partial charge is 0.392 e. The van der Waals surface area contributed by atoms with Crippen molar-refractivity contribution in [3.05, 3.63) is 66.0 Å². The second-order valence-corrected chi connectivity index (χ2v) is 11.9. The van der Waals surface area contributed by atoms with Crippen molar-refractivity contribution in [2.45, 2.75) is 76.7 Å². The lowest BCUT2D eigenvalue weighted by Crippen LogP contribution is -2.62. The molecule has 0 unspecified atom stereocenters. The van der Waals surface area contributed by atoms with Gasteiger partial charge in [0.25, 0.3) is 11.8 Å². The summed E-state index contributed by atoms with van der Waals surface area (Å²) in [5.74, 6) is -0.856. The van der Waals surface area contributed by atoms with Crippen LogP contribution in [0.5, 0.6) is 0 Å². The van der Waals surface area contributed by atoms with Crippen molar-refractivity contribution in [3.8, 4) is 0 Å². The van der Waals surface area contributed by atoms with Crippen molar-refractivity contribution in [1.29, 1.82) is 0 Å². The van der Waals surface area contributed by atoms with E-state index in [4.69, 9.17) is 4.94 Å². The molecule has 0 bridgehead atoms. The molecule has 3 amide bonds. The van der Waals surface area contributed by atoms with Crippen LogP contribution in [0.4, 0.5) is 0 Å². The van der Waals surface area contributed by atoms with Crippen molar-refractivity contribution in [2.24, 2.45) is 0 Å². The Labute approximate surface area is 241 Å². The third-order valence-corrected chi connectivity index (χ3v) is 7.15. The zero-order valence-corrected chi connectivity index (χ0v) is 24.2. The Bertz CT molecular complexity index is 1140. The average Bonchev–Trinajstić information content (AvgIpc) is 3.25. The van der Waals surface area contributed by atoms with E-state index in [9.17, 15) is 19.5 Å². The van der Waals surface area contributed by atoms with Crippen LogP contribution >= 0.6 is 0 Å². The predicted octanol–water partition coefficient (Wildman–Crippen LogP) is 1.43. The lowest BCUT2D eigenvalue weighted by atomic mass is 10.00. The van der Waals surface area contributed by atoms with E-state index in [1.54, 1.807) is 6.20 Å². The van der Waals surface area contributed by atoms with Gasteiger partial charge in [-0.2, -0.15) is 10.4 Å². The molecule has 1 aromatic carbocycles. The Morgan fingerprint density at radius 2 is 1.78 bits per heavy atom. The van der Waals surface area contributed by atoms with Crippen molar-refractivity contribution in [2.75, 3.05) is 26.2 Å². The fraction of sp³-hybridized carbons (Fsp3) is 0.533. The van der Waals surface area contributed by atoms with Crippen LogP contribution in [0, 0.1) is 0 Å². The molecule has 0 spiro atoms. The van der Waals surface area contributed by atoms with E-state index in [2.05, 4.69) is 20.7 Å². The SMILES string of the molecule is CC(C)(C)NC(=O)[C@@H]1CN(Cc2cccnc2)CCN1C[C@@H](O)C[C@@H](Cc1ccccc1)NON1C(=O)CCC1=O.